The first-order valence-corrected chi connectivity index (χ1v) is 7.16. The molecule has 1 rings (SSSR count). The van der Waals surface area contributed by atoms with Crippen LogP contribution in [0.4, 0.5) is 13.2 Å². The first-order valence-electron chi connectivity index (χ1n) is 7.16. The van der Waals surface area contributed by atoms with E-state index in [2.05, 4.69) is 5.32 Å². The number of nitrogens with two attached hydrogens (primary N) is 1. The molecule has 0 aromatic carbocycles. The smallest absolute Gasteiger partial charge is 0.383 e. The third-order valence-corrected chi connectivity index (χ3v) is 3.59. The van der Waals surface area contributed by atoms with Crippen LogP contribution in [0.3, 0.4) is 0 Å². The molecular formula is C13H26F3N3O. The molecule has 4 nitrogen and oxygen atoms in total. The second kappa shape index (κ2) is 8.81. The molecule has 2 atom stereocenters. The minimum Gasteiger partial charge on any atom is -0.383 e. The topological polar surface area (TPSA) is 50.5 Å². The molecule has 1 heterocycles. The number of rotatable bonds is 9. The fourth-order valence-corrected chi connectivity index (χ4v) is 2.62. The van der Waals surface area contributed by atoms with Gasteiger partial charge < -0.3 is 15.8 Å². The molecule has 1 aliphatic rings. The highest BCUT2D eigenvalue weighted by molar-refractivity contribution is 4.80. The van der Waals surface area contributed by atoms with Crippen molar-refractivity contribution in [1.82, 2.24) is 10.2 Å². The zero-order valence-electron chi connectivity index (χ0n) is 12.1. The summed E-state index contributed by atoms with van der Waals surface area (Å²) in [5.41, 5.74) is 5.49. The van der Waals surface area contributed by atoms with Crippen LogP contribution in [0.1, 0.15) is 19.3 Å². The SMILES string of the molecule is COCC(CCCN)NCC1CCN(CC(F)(F)F)C1. The number of hydrogen-bond acceptors (Lipinski definition) is 4. The Bertz CT molecular complexity index is 264. The maximum Gasteiger partial charge on any atom is 0.401 e. The number of methoxy groups -OCH3 is 1. The van der Waals surface area contributed by atoms with E-state index in [9.17, 15) is 13.2 Å². The van der Waals surface area contributed by atoms with Crippen molar-refractivity contribution >= 4 is 0 Å². The summed E-state index contributed by atoms with van der Waals surface area (Å²) >= 11 is 0. The molecule has 0 bridgehead atoms. The maximum absolute atomic E-state index is 12.3. The van der Waals surface area contributed by atoms with Gasteiger partial charge in [-0.1, -0.05) is 0 Å². The predicted molar refractivity (Wildman–Crippen MR) is 72.6 cm³/mol. The molecule has 3 N–H and O–H groups in total. The van der Waals surface area contributed by atoms with Gasteiger partial charge in [0.05, 0.1) is 13.2 Å². The lowest BCUT2D eigenvalue weighted by atomic mass is 10.1. The van der Waals surface area contributed by atoms with Gasteiger partial charge in [-0.2, -0.15) is 13.2 Å². The highest BCUT2D eigenvalue weighted by Gasteiger charge is 2.34. The first-order chi connectivity index (χ1) is 9.44. The molecule has 0 amide bonds. The summed E-state index contributed by atoms with van der Waals surface area (Å²) in [7, 11) is 1.65. The Labute approximate surface area is 118 Å². The molecule has 0 aromatic rings. The van der Waals surface area contributed by atoms with Crippen molar-refractivity contribution in [2.75, 3.05) is 46.4 Å². The number of halogens is 3. The van der Waals surface area contributed by atoms with Crippen LogP contribution in [0.15, 0.2) is 0 Å². The highest BCUT2D eigenvalue weighted by atomic mass is 19.4. The average molecular weight is 297 g/mol. The Morgan fingerprint density at radius 1 is 1.45 bits per heavy atom. The summed E-state index contributed by atoms with van der Waals surface area (Å²) in [6.07, 6.45) is -1.42. The maximum atomic E-state index is 12.3. The third kappa shape index (κ3) is 7.42. The number of likely N-dealkylation sites (tertiary alicyclic amines) is 1. The van der Waals surface area contributed by atoms with Crippen molar-refractivity contribution in [2.24, 2.45) is 11.7 Å². The fourth-order valence-electron chi connectivity index (χ4n) is 2.62. The minimum atomic E-state index is -4.10. The summed E-state index contributed by atoms with van der Waals surface area (Å²) in [6, 6.07) is 0.236. The Hall–Kier alpha value is -0.370. The Kier molecular flexibility index (Phi) is 7.79. The molecule has 120 valence electrons. The van der Waals surface area contributed by atoms with Gasteiger partial charge in [0.25, 0.3) is 0 Å². The van der Waals surface area contributed by atoms with E-state index < -0.39 is 12.7 Å². The van der Waals surface area contributed by atoms with Crippen molar-refractivity contribution < 1.29 is 17.9 Å². The molecule has 20 heavy (non-hydrogen) atoms. The summed E-state index contributed by atoms with van der Waals surface area (Å²) in [5.74, 6) is 0.287. The number of nitrogens with zero attached hydrogens (tertiary/aromatic N) is 1. The fraction of sp³-hybridized carbons (Fsp3) is 1.00. The molecule has 0 saturated carbocycles. The molecule has 2 unspecified atom stereocenters. The number of hydrogen-bond donors (Lipinski definition) is 2. The van der Waals surface area contributed by atoms with Crippen LogP contribution in [0.5, 0.6) is 0 Å². The van der Waals surface area contributed by atoms with Crippen LogP contribution in [-0.4, -0.2) is 63.6 Å². The standard InChI is InChI=1S/C13H26F3N3O/c1-20-9-12(3-2-5-17)18-7-11-4-6-19(8-11)10-13(14,15)16/h11-12,18H,2-10,17H2,1H3. The van der Waals surface area contributed by atoms with Crippen LogP contribution >= 0.6 is 0 Å². The molecule has 0 spiro atoms. The zero-order valence-corrected chi connectivity index (χ0v) is 12.1. The van der Waals surface area contributed by atoms with Crippen LogP contribution in [0.2, 0.25) is 0 Å². The van der Waals surface area contributed by atoms with E-state index in [1.54, 1.807) is 7.11 Å². The van der Waals surface area contributed by atoms with Gasteiger partial charge in [0, 0.05) is 19.7 Å². The van der Waals surface area contributed by atoms with Crippen LogP contribution < -0.4 is 11.1 Å². The normalized spacial score (nSPS) is 22.4. The van der Waals surface area contributed by atoms with Gasteiger partial charge in [-0.25, -0.2) is 0 Å². The average Bonchev–Trinajstić information content (AvgIpc) is 2.78. The van der Waals surface area contributed by atoms with E-state index in [4.69, 9.17) is 10.5 Å². The monoisotopic (exact) mass is 297 g/mol. The Balaban J connectivity index is 2.24. The van der Waals surface area contributed by atoms with Crippen molar-refractivity contribution in [3.05, 3.63) is 0 Å². The molecular weight excluding hydrogens is 271 g/mol. The Morgan fingerprint density at radius 2 is 2.20 bits per heavy atom. The minimum absolute atomic E-state index is 0.236. The second-order valence-corrected chi connectivity index (χ2v) is 5.50. The van der Waals surface area contributed by atoms with Crippen molar-refractivity contribution in [1.29, 1.82) is 0 Å². The quantitative estimate of drug-likeness (QED) is 0.672. The van der Waals surface area contributed by atoms with Gasteiger partial charge in [0.1, 0.15) is 0 Å². The van der Waals surface area contributed by atoms with Gasteiger partial charge in [-0.3, -0.25) is 4.90 Å². The molecule has 0 radical (unpaired) electrons. The van der Waals surface area contributed by atoms with Crippen LogP contribution in [-0.2, 0) is 4.74 Å². The lowest BCUT2D eigenvalue weighted by molar-refractivity contribution is -0.143. The van der Waals surface area contributed by atoms with E-state index in [-0.39, 0.29) is 12.0 Å². The first kappa shape index (κ1) is 17.7. The summed E-state index contributed by atoms with van der Waals surface area (Å²) < 4.78 is 42.0. The molecule has 1 fully saturated rings. The lowest BCUT2D eigenvalue weighted by Gasteiger charge is -2.21. The van der Waals surface area contributed by atoms with Crippen LogP contribution in [0, 0.1) is 5.92 Å². The molecule has 1 aliphatic heterocycles. The molecule has 1 saturated heterocycles. The van der Waals surface area contributed by atoms with Gasteiger partial charge >= 0.3 is 6.18 Å². The van der Waals surface area contributed by atoms with E-state index in [1.165, 1.54) is 4.90 Å². The van der Waals surface area contributed by atoms with E-state index >= 15 is 0 Å². The van der Waals surface area contributed by atoms with Gasteiger partial charge in [-0.15, -0.1) is 0 Å². The highest BCUT2D eigenvalue weighted by Crippen LogP contribution is 2.22. The number of nitrogens with one attached hydrogen (secondary N) is 1. The van der Waals surface area contributed by atoms with Crippen molar-refractivity contribution in [2.45, 2.75) is 31.5 Å². The van der Waals surface area contributed by atoms with Crippen molar-refractivity contribution in [3.8, 4) is 0 Å². The largest absolute Gasteiger partial charge is 0.401 e. The van der Waals surface area contributed by atoms with Gasteiger partial charge in [0.2, 0.25) is 0 Å². The molecule has 0 aliphatic carbocycles. The van der Waals surface area contributed by atoms with E-state index in [0.29, 0.717) is 26.2 Å². The summed E-state index contributed by atoms with van der Waals surface area (Å²) in [4.78, 5) is 1.48. The Morgan fingerprint density at radius 3 is 2.80 bits per heavy atom. The molecule has 0 aromatic heterocycles. The zero-order chi connectivity index (χ0) is 15.0. The number of alkyl halides is 3. The van der Waals surface area contributed by atoms with Gasteiger partial charge in [0.15, 0.2) is 0 Å². The third-order valence-electron chi connectivity index (χ3n) is 3.59. The number of ether oxygens (including phenoxy) is 1. The van der Waals surface area contributed by atoms with Crippen LogP contribution in [0.25, 0.3) is 0 Å². The second-order valence-electron chi connectivity index (χ2n) is 5.50. The predicted octanol–water partition coefficient (Wildman–Crippen LogP) is 1.21. The van der Waals surface area contributed by atoms with Crippen molar-refractivity contribution in [3.63, 3.8) is 0 Å². The van der Waals surface area contributed by atoms with Gasteiger partial charge in [-0.05, 0) is 44.8 Å². The summed E-state index contributed by atoms with van der Waals surface area (Å²) in [6.45, 7) is 2.25. The lowest BCUT2D eigenvalue weighted by Crippen LogP contribution is -2.38. The van der Waals surface area contributed by atoms with E-state index in [1.807, 2.05) is 0 Å². The van der Waals surface area contributed by atoms with E-state index in [0.717, 1.165) is 25.8 Å². The summed E-state index contributed by atoms with van der Waals surface area (Å²) in [5, 5.41) is 3.39. The molecule has 7 heteroatoms.